The van der Waals surface area contributed by atoms with Crippen LogP contribution in [0.2, 0.25) is 10.0 Å². The van der Waals surface area contributed by atoms with Gasteiger partial charge in [0.2, 0.25) is 5.91 Å². The molecule has 0 saturated carbocycles. The van der Waals surface area contributed by atoms with Gasteiger partial charge in [-0.25, -0.2) is 0 Å². The highest BCUT2D eigenvalue weighted by atomic mass is 79.9. The van der Waals surface area contributed by atoms with Crippen LogP contribution in [0.15, 0.2) is 64.0 Å². The van der Waals surface area contributed by atoms with Crippen molar-refractivity contribution in [3.05, 3.63) is 79.6 Å². The maximum Gasteiger partial charge on any atom is 0.294 e. The fourth-order valence-electron chi connectivity index (χ4n) is 3.68. The topological polar surface area (TPSA) is 123 Å². The number of nitrogens with one attached hydrogen (secondary N) is 2. The van der Waals surface area contributed by atoms with Crippen molar-refractivity contribution in [1.29, 1.82) is 0 Å². The highest BCUT2D eigenvalue weighted by Crippen LogP contribution is 2.35. The Morgan fingerprint density at radius 1 is 0.881 bits per heavy atom. The van der Waals surface area contributed by atoms with Gasteiger partial charge < -0.3 is 24.8 Å². The molecule has 218 valence electrons. The van der Waals surface area contributed by atoms with Crippen LogP contribution in [0.25, 0.3) is 6.08 Å². The van der Waals surface area contributed by atoms with Crippen LogP contribution in [0.5, 0.6) is 17.2 Å². The van der Waals surface area contributed by atoms with Crippen LogP contribution in [0, 0.1) is 0 Å². The summed E-state index contributed by atoms with van der Waals surface area (Å²) in [5.41, 5.74) is 1.43. The first-order valence-corrected chi connectivity index (χ1v) is 14.4. The number of ether oxygens (including phenoxy) is 3. The van der Waals surface area contributed by atoms with Gasteiger partial charge in [-0.15, -0.1) is 0 Å². The molecule has 42 heavy (non-hydrogen) atoms. The molecule has 1 fully saturated rings. The lowest BCUT2D eigenvalue weighted by atomic mass is 10.2. The standard InChI is InChI=1S/C28H22BrCl2N3O7S/c1-39-21-8-5-17(12-20(21)31)32-25(35)13-34-27(37)24(42-28(34)38)10-15-3-7-22(23(9-15)40-2)41-14-26(36)33-16-4-6-18(29)19(30)11-16/h3-12H,13-14H2,1-2H3,(H,32,35)(H,33,36)/b24-10+. The molecule has 3 aromatic rings. The van der Waals surface area contributed by atoms with Gasteiger partial charge in [0.1, 0.15) is 12.3 Å². The van der Waals surface area contributed by atoms with E-state index in [9.17, 15) is 19.2 Å². The molecule has 4 rings (SSSR count). The summed E-state index contributed by atoms with van der Waals surface area (Å²) >= 11 is 16.1. The van der Waals surface area contributed by atoms with E-state index in [1.54, 1.807) is 48.5 Å². The summed E-state index contributed by atoms with van der Waals surface area (Å²) in [6.07, 6.45) is 1.50. The molecular formula is C28H22BrCl2N3O7S. The molecule has 1 heterocycles. The number of methoxy groups -OCH3 is 2. The molecule has 0 spiro atoms. The number of carbonyl (C=O) groups is 4. The molecule has 0 radical (unpaired) electrons. The van der Waals surface area contributed by atoms with Crippen LogP contribution in [0.1, 0.15) is 5.56 Å². The van der Waals surface area contributed by atoms with E-state index in [2.05, 4.69) is 26.6 Å². The first-order valence-electron chi connectivity index (χ1n) is 12.0. The van der Waals surface area contributed by atoms with E-state index in [0.29, 0.717) is 60.5 Å². The molecule has 0 atom stereocenters. The van der Waals surface area contributed by atoms with Gasteiger partial charge in [-0.1, -0.05) is 29.3 Å². The van der Waals surface area contributed by atoms with Crippen LogP contribution in [-0.4, -0.2) is 55.2 Å². The minimum atomic E-state index is -0.614. The van der Waals surface area contributed by atoms with Gasteiger partial charge in [0.05, 0.1) is 29.2 Å². The number of amides is 4. The molecule has 3 aromatic carbocycles. The third-order valence-corrected chi connectivity index (χ3v) is 8.09. The summed E-state index contributed by atoms with van der Waals surface area (Å²) in [4.78, 5) is 51.3. The van der Waals surface area contributed by atoms with Crippen molar-refractivity contribution in [3.63, 3.8) is 0 Å². The minimum Gasteiger partial charge on any atom is -0.495 e. The Kier molecular flexibility index (Phi) is 10.4. The summed E-state index contributed by atoms with van der Waals surface area (Å²) in [5, 5.41) is 5.46. The molecule has 1 aliphatic heterocycles. The van der Waals surface area contributed by atoms with Crippen LogP contribution < -0.4 is 24.8 Å². The molecule has 0 aromatic heterocycles. The summed E-state index contributed by atoms with van der Waals surface area (Å²) in [6.45, 7) is -0.774. The lowest BCUT2D eigenvalue weighted by molar-refractivity contribution is -0.127. The van der Waals surface area contributed by atoms with Gasteiger partial charge in [-0.2, -0.15) is 0 Å². The van der Waals surface area contributed by atoms with Crippen molar-refractivity contribution in [2.24, 2.45) is 0 Å². The molecule has 0 bridgehead atoms. The number of hydrogen-bond acceptors (Lipinski definition) is 8. The Bertz CT molecular complexity index is 1600. The second-order valence-electron chi connectivity index (χ2n) is 8.54. The van der Waals surface area contributed by atoms with Gasteiger partial charge in [-0.05, 0) is 87.9 Å². The van der Waals surface area contributed by atoms with Crippen LogP contribution >= 0.6 is 50.9 Å². The zero-order valence-corrected chi connectivity index (χ0v) is 25.9. The predicted octanol–water partition coefficient (Wildman–Crippen LogP) is 6.47. The third kappa shape index (κ3) is 7.77. The first-order chi connectivity index (χ1) is 20.1. The van der Waals surface area contributed by atoms with Gasteiger partial charge in [0, 0.05) is 15.8 Å². The zero-order valence-electron chi connectivity index (χ0n) is 22.0. The van der Waals surface area contributed by atoms with Gasteiger partial charge in [0.15, 0.2) is 18.1 Å². The van der Waals surface area contributed by atoms with Crippen molar-refractivity contribution in [1.82, 2.24) is 4.90 Å². The molecule has 1 aliphatic rings. The van der Waals surface area contributed by atoms with E-state index >= 15 is 0 Å². The number of thioether (sulfide) groups is 1. The monoisotopic (exact) mass is 693 g/mol. The average Bonchev–Trinajstić information content (AvgIpc) is 3.21. The number of benzene rings is 3. The Hall–Kier alpha value is -3.71. The minimum absolute atomic E-state index is 0.128. The zero-order chi connectivity index (χ0) is 30.4. The number of anilines is 2. The second-order valence-corrected chi connectivity index (χ2v) is 11.2. The lowest BCUT2D eigenvalue weighted by Crippen LogP contribution is -2.36. The van der Waals surface area contributed by atoms with E-state index in [-0.39, 0.29) is 11.5 Å². The van der Waals surface area contributed by atoms with Gasteiger partial charge >= 0.3 is 0 Å². The summed E-state index contributed by atoms with van der Waals surface area (Å²) in [6, 6.07) is 14.5. The van der Waals surface area contributed by atoms with Crippen molar-refractivity contribution >= 4 is 91.3 Å². The van der Waals surface area contributed by atoms with Crippen molar-refractivity contribution in [2.45, 2.75) is 0 Å². The normalized spacial score (nSPS) is 13.7. The van der Waals surface area contributed by atoms with E-state index in [1.807, 2.05) is 0 Å². The maximum atomic E-state index is 12.9. The Morgan fingerprint density at radius 2 is 1.52 bits per heavy atom. The number of nitrogens with zero attached hydrogens (tertiary/aromatic N) is 1. The fraction of sp³-hybridized carbons (Fsp3) is 0.143. The average molecular weight is 695 g/mol. The number of rotatable bonds is 10. The number of carbonyl (C=O) groups excluding carboxylic acids is 4. The molecule has 14 heteroatoms. The molecule has 4 amide bonds. The van der Waals surface area contributed by atoms with Gasteiger partial charge in [0.25, 0.3) is 17.1 Å². The number of imide groups is 1. The molecule has 10 nitrogen and oxygen atoms in total. The SMILES string of the molecule is COc1ccc(NC(=O)CN2C(=O)S/C(=C/c3ccc(OCC(=O)Nc4ccc(Br)c(Cl)c4)c(OC)c3)C2=O)cc1Cl. The Morgan fingerprint density at radius 3 is 2.19 bits per heavy atom. The quantitative estimate of drug-likeness (QED) is 0.232. The van der Waals surface area contributed by atoms with E-state index in [0.717, 1.165) is 4.90 Å². The summed E-state index contributed by atoms with van der Waals surface area (Å²) in [7, 11) is 2.90. The largest absolute Gasteiger partial charge is 0.495 e. The Labute approximate surface area is 263 Å². The summed E-state index contributed by atoms with van der Waals surface area (Å²) in [5.74, 6) is -0.559. The highest BCUT2D eigenvalue weighted by Gasteiger charge is 2.36. The van der Waals surface area contributed by atoms with E-state index < -0.39 is 29.5 Å². The van der Waals surface area contributed by atoms with Crippen molar-refractivity contribution in [3.8, 4) is 17.2 Å². The molecule has 0 unspecified atom stereocenters. The van der Waals surface area contributed by atoms with E-state index in [4.69, 9.17) is 37.4 Å². The molecule has 2 N–H and O–H groups in total. The molecular weight excluding hydrogens is 673 g/mol. The second kappa shape index (κ2) is 14.0. The summed E-state index contributed by atoms with van der Waals surface area (Å²) < 4.78 is 16.8. The number of hydrogen-bond donors (Lipinski definition) is 2. The number of halogens is 3. The lowest BCUT2D eigenvalue weighted by Gasteiger charge is -2.13. The highest BCUT2D eigenvalue weighted by molar-refractivity contribution is 9.10. The Balaban J connectivity index is 1.37. The smallest absolute Gasteiger partial charge is 0.294 e. The van der Waals surface area contributed by atoms with Crippen LogP contribution in [0.4, 0.5) is 16.2 Å². The van der Waals surface area contributed by atoms with E-state index in [1.165, 1.54) is 26.4 Å². The van der Waals surface area contributed by atoms with Crippen LogP contribution in [0.3, 0.4) is 0 Å². The van der Waals surface area contributed by atoms with Crippen molar-refractivity contribution in [2.75, 3.05) is 38.0 Å². The predicted molar refractivity (Wildman–Crippen MR) is 166 cm³/mol. The van der Waals surface area contributed by atoms with Crippen molar-refractivity contribution < 1.29 is 33.4 Å². The fourth-order valence-corrected chi connectivity index (χ4v) is 5.21. The third-order valence-electron chi connectivity index (χ3n) is 5.66. The maximum absolute atomic E-state index is 12.9. The molecule has 0 aliphatic carbocycles. The van der Waals surface area contributed by atoms with Crippen LogP contribution in [-0.2, 0) is 14.4 Å². The van der Waals surface area contributed by atoms with Gasteiger partial charge in [-0.3, -0.25) is 24.1 Å². The molecule has 1 saturated heterocycles. The first kappa shape index (κ1) is 31.2.